The van der Waals surface area contributed by atoms with Crippen molar-refractivity contribution in [3.8, 4) is 0 Å². The van der Waals surface area contributed by atoms with Gasteiger partial charge in [0.05, 0.1) is 12.0 Å². The average molecular weight is 239 g/mol. The lowest BCUT2D eigenvalue weighted by Gasteiger charge is -2.19. The predicted octanol–water partition coefficient (Wildman–Crippen LogP) is 0.577. The Kier molecular flexibility index (Phi) is 4.45. The van der Waals surface area contributed by atoms with E-state index in [4.69, 9.17) is 5.11 Å². The van der Waals surface area contributed by atoms with E-state index >= 15 is 0 Å². The zero-order valence-electron chi connectivity index (χ0n) is 9.38. The van der Waals surface area contributed by atoms with Crippen LogP contribution in [0.3, 0.4) is 0 Å². The summed E-state index contributed by atoms with van der Waals surface area (Å²) in [4.78, 5) is 34.4. The summed E-state index contributed by atoms with van der Waals surface area (Å²) < 4.78 is 4.58. The first-order valence-corrected chi connectivity index (χ1v) is 5.14. The largest absolute Gasteiger partial charge is 0.481 e. The maximum absolute atomic E-state index is 11.9. The van der Waals surface area contributed by atoms with Crippen LogP contribution in [0.1, 0.15) is 23.7 Å². The van der Waals surface area contributed by atoms with Crippen molar-refractivity contribution >= 4 is 11.9 Å². The third kappa shape index (κ3) is 3.75. The summed E-state index contributed by atoms with van der Waals surface area (Å²) in [5.74, 6) is -1.31. The topological polar surface area (TPSA) is 87.8 Å². The van der Waals surface area contributed by atoms with Crippen LogP contribution in [0.25, 0.3) is 0 Å². The molecule has 0 aliphatic heterocycles. The Morgan fingerprint density at radius 2 is 2.12 bits per heavy atom. The molecule has 0 saturated carbocycles. The van der Waals surface area contributed by atoms with Crippen molar-refractivity contribution in [3.63, 3.8) is 0 Å². The number of carbonyl (C=O) groups excluding carboxylic acids is 1. The fourth-order valence-electron chi connectivity index (χ4n) is 1.30. The fraction of sp³-hybridized carbons (Fsp3) is 0.364. The van der Waals surface area contributed by atoms with Crippen LogP contribution in [0.4, 0.5) is 0 Å². The van der Waals surface area contributed by atoms with Gasteiger partial charge in [-0.25, -0.2) is 4.79 Å². The Labute approximate surface area is 97.5 Å². The Morgan fingerprint density at radius 1 is 1.41 bits per heavy atom. The van der Waals surface area contributed by atoms with Gasteiger partial charge >= 0.3 is 11.6 Å². The van der Waals surface area contributed by atoms with Crippen molar-refractivity contribution in [1.82, 2.24) is 4.90 Å². The van der Waals surface area contributed by atoms with Crippen molar-refractivity contribution in [1.29, 1.82) is 0 Å². The SMILES string of the molecule is CCN(CCC(=O)O)C(=O)c1ccc(=O)oc1. The molecule has 92 valence electrons. The second kappa shape index (κ2) is 5.83. The first-order chi connectivity index (χ1) is 8.04. The molecule has 0 fully saturated rings. The normalized spacial score (nSPS) is 9.94. The lowest BCUT2D eigenvalue weighted by molar-refractivity contribution is -0.137. The third-order valence-corrected chi connectivity index (χ3v) is 2.21. The number of amides is 1. The van der Waals surface area contributed by atoms with Crippen LogP contribution in [0, 0.1) is 0 Å². The van der Waals surface area contributed by atoms with Crippen molar-refractivity contribution < 1.29 is 19.1 Å². The highest BCUT2D eigenvalue weighted by Gasteiger charge is 2.15. The van der Waals surface area contributed by atoms with Crippen molar-refractivity contribution in [2.24, 2.45) is 0 Å². The van der Waals surface area contributed by atoms with Crippen LogP contribution < -0.4 is 5.63 Å². The molecule has 0 atom stereocenters. The standard InChI is InChI=1S/C11H13NO5/c1-2-12(6-5-9(13)14)11(16)8-3-4-10(15)17-7-8/h3-4,7H,2,5-6H2,1H3,(H,13,14). The lowest BCUT2D eigenvalue weighted by atomic mass is 10.2. The highest BCUT2D eigenvalue weighted by Crippen LogP contribution is 2.03. The van der Waals surface area contributed by atoms with Gasteiger partial charge in [-0.05, 0) is 13.0 Å². The Bertz CT molecular complexity index is 445. The number of carbonyl (C=O) groups is 2. The Hall–Kier alpha value is -2.11. The molecule has 0 radical (unpaired) electrons. The van der Waals surface area contributed by atoms with E-state index in [1.54, 1.807) is 6.92 Å². The van der Waals surface area contributed by atoms with Crippen molar-refractivity contribution in [2.75, 3.05) is 13.1 Å². The van der Waals surface area contributed by atoms with Crippen LogP contribution in [-0.2, 0) is 4.79 Å². The molecule has 1 amide bonds. The molecule has 1 aromatic heterocycles. The van der Waals surface area contributed by atoms with Gasteiger partial charge in [-0.3, -0.25) is 9.59 Å². The summed E-state index contributed by atoms with van der Waals surface area (Å²) in [6.07, 6.45) is 0.963. The van der Waals surface area contributed by atoms with Gasteiger partial charge in [0.25, 0.3) is 5.91 Å². The molecule has 0 aliphatic carbocycles. The molecule has 1 heterocycles. The van der Waals surface area contributed by atoms with Gasteiger partial charge in [0, 0.05) is 19.2 Å². The van der Waals surface area contributed by atoms with Gasteiger partial charge in [-0.15, -0.1) is 0 Å². The molecule has 0 aromatic carbocycles. The van der Waals surface area contributed by atoms with E-state index in [1.165, 1.54) is 11.0 Å². The van der Waals surface area contributed by atoms with Gasteiger partial charge in [-0.1, -0.05) is 0 Å². The maximum atomic E-state index is 11.9. The van der Waals surface area contributed by atoms with Crippen LogP contribution in [0.15, 0.2) is 27.6 Å². The van der Waals surface area contributed by atoms with Crippen LogP contribution in [-0.4, -0.2) is 35.0 Å². The number of nitrogens with zero attached hydrogens (tertiary/aromatic N) is 1. The number of rotatable bonds is 5. The molecule has 0 unspecified atom stereocenters. The summed E-state index contributed by atoms with van der Waals surface area (Å²) in [7, 11) is 0. The quantitative estimate of drug-likeness (QED) is 0.811. The molecular weight excluding hydrogens is 226 g/mol. The zero-order chi connectivity index (χ0) is 12.8. The molecule has 6 nitrogen and oxygen atoms in total. The van der Waals surface area contributed by atoms with E-state index in [1.807, 2.05) is 0 Å². The number of carboxylic acids is 1. The molecule has 0 aliphatic rings. The van der Waals surface area contributed by atoms with E-state index in [-0.39, 0.29) is 24.4 Å². The first kappa shape index (κ1) is 13.0. The highest BCUT2D eigenvalue weighted by molar-refractivity contribution is 5.93. The number of hydrogen-bond donors (Lipinski definition) is 1. The molecule has 0 bridgehead atoms. The van der Waals surface area contributed by atoms with E-state index in [0.717, 1.165) is 12.3 Å². The molecule has 6 heteroatoms. The van der Waals surface area contributed by atoms with E-state index in [9.17, 15) is 14.4 Å². The minimum Gasteiger partial charge on any atom is -0.481 e. The molecule has 0 spiro atoms. The van der Waals surface area contributed by atoms with Crippen LogP contribution in [0.2, 0.25) is 0 Å². The summed E-state index contributed by atoms with van der Waals surface area (Å²) in [5, 5.41) is 8.55. The van der Waals surface area contributed by atoms with Gasteiger partial charge in [0.15, 0.2) is 0 Å². The molecular formula is C11H13NO5. The Balaban J connectivity index is 2.75. The van der Waals surface area contributed by atoms with Crippen molar-refractivity contribution in [2.45, 2.75) is 13.3 Å². The first-order valence-electron chi connectivity index (χ1n) is 5.14. The highest BCUT2D eigenvalue weighted by atomic mass is 16.4. The van der Waals surface area contributed by atoms with Crippen molar-refractivity contribution in [3.05, 3.63) is 34.4 Å². The molecule has 1 N–H and O–H groups in total. The zero-order valence-corrected chi connectivity index (χ0v) is 9.38. The summed E-state index contributed by atoms with van der Waals surface area (Å²) in [5.41, 5.74) is -0.299. The minimum absolute atomic E-state index is 0.115. The summed E-state index contributed by atoms with van der Waals surface area (Å²) in [6.45, 7) is 2.27. The van der Waals surface area contributed by atoms with Crippen LogP contribution in [0.5, 0.6) is 0 Å². The van der Waals surface area contributed by atoms with Gasteiger partial charge in [-0.2, -0.15) is 0 Å². The molecule has 1 aromatic rings. The fourth-order valence-corrected chi connectivity index (χ4v) is 1.30. The van der Waals surface area contributed by atoms with Gasteiger partial charge < -0.3 is 14.4 Å². The number of hydrogen-bond acceptors (Lipinski definition) is 4. The summed E-state index contributed by atoms with van der Waals surface area (Å²) >= 11 is 0. The van der Waals surface area contributed by atoms with E-state index in [2.05, 4.69) is 4.42 Å². The average Bonchev–Trinajstić information content (AvgIpc) is 2.30. The monoisotopic (exact) mass is 239 g/mol. The van der Waals surface area contributed by atoms with E-state index < -0.39 is 11.6 Å². The smallest absolute Gasteiger partial charge is 0.335 e. The van der Waals surface area contributed by atoms with Crippen LogP contribution >= 0.6 is 0 Å². The molecule has 0 saturated heterocycles. The van der Waals surface area contributed by atoms with Gasteiger partial charge in [0.1, 0.15) is 6.26 Å². The predicted molar refractivity (Wildman–Crippen MR) is 58.8 cm³/mol. The van der Waals surface area contributed by atoms with E-state index in [0.29, 0.717) is 6.54 Å². The summed E-state index contributed by atoms with van der Waals surface area (Å²) in [6, 6.07) is 2.51. The third-order valence-electron chi connectivity index (χ3n) is 2.21. The number of aliphatic carboxylic acids is 1. The minimum atomic E-state index is -0.962. The second-order valence-electron chi connectivity index (χ2n) is 3.37. The molecule has 17 heavy (non-hydrogen) atoms. The number of carboxylic acid groups (broad SMARTS) is 1. The molecule has 1 rings (SSSR count). The Morgan fingerprint density at radius 3 is 2.59 bits per heavy atom. The second-order valence-corrected chi connectivity index (χ2v) is 3.37. The lowest BCUT2D eigenvalue weighted by Crippen LogP contribution is -2.32. The van der Waals surface area contributed by atoms with Gasteiger partial charge in [0.2, 0.25) is 0 Å². The maximum Gasteiger partial charge on any atom is 0.335 e.